The van der Waals surface area contributed by atoms with Crippen LogP contribution in [0.3, 0.4) is 0 Å². The van der Waals surface area contributed by atoms with Crippen LogP contribution in [0.5, 0.6) is 0 Å². The van der Waals surface area contributed by atoms with E-state index in [4.69, 9.17) is 4.74 Å². The molecule has 14 heavy (non-hydrogen) atoms. The summed E-state index contributed by atoms with van der Waals surface area (Å²) in [4.78, 5) is 0. The van der Waals surface area contributed by atoms with Gasteiger partial charge in [-0.2, -0.15) is 0 Å². The van der Waals surface area contributed by atoms with Crippen molar-refractivity contribution < 1.29 is 13.5 Å². The van der Waals surface area contributed by atoms with Crippen LogP contribution < -0.4 is 5.32 Å². The summed E-state index contributed by atoms with van der Waals surface area (Å²) in [6, 6.07) is 0.470. The normalized spacial score (nSPS) is 28.7. The third kappa shape index (κ3) is 2.64. The fourth-order valence-electron chi connectivity index (χ4n) is 1.99. The molecule has 1 aliphatic heterocycles. The molecule has 0 amide bonds. The van der Waals surface area contributed by atoms with Gasteiger partial charge in [0.15, 0.2) is 0 Å². The smallest absolute Gasteiger partial charge is 0.248 e. The number of ether oxygens (including phenoxy) is 1. The molecule has 0 unspecified atom stereocenters. The molecule has 2 nitrogen and oxygen atoms in total. The molecular formula is C10H17F2NO. The van der Waals surface area contributed by atoms with E-state index in [-0.39, 0.29) is 12.8 Å². The fraction of sp³-hybridized carbons (Fsp3) is 1.00. The average molecular weight is 205 g/mol. The van der Waals surface area contributed by atoms with Crippen molar-refractivity contribution in [2.75, 3.05) is 19.8 Å². The molecular weight excluding hydrogens is 188 g/mol. The fourth-order valence-corrected chi connectivity index (χ4v) is 1.99. The molecule has 1 heterocycles. The molecule has 0 radical (unpaired) electrons. The first-order valence-corrected chi connectivity index (χ1v) is 5.35. The maximum Gasteiger partial charge on any atom is 0.248 e. The van der Waals surface area contributed by atoms with Gasteiger partial charge < -0.3 is 10.1 Å². The standard InChI is InChI=1S/C10H17F2NO/c11-10(12)3-1-8(2-4-10)5-13-9-6-14-7-9/h8-9,13H,1-7H2. The highest BCUT2D eigenvalue weighted by molar-refractivity contribution is 4.81. The molecule has 4 heteroatoms. The minimum absolute atomic E-state index is 0.0700. The lowest BCUT2D eigenvalue weighted by atomic mass is 9.86. The quantitative estimate of drug-likeness (QED) is 0.758. The van der Waals surface area contributed by atoms with Crippen molar-refractivity contribution >= 4 is 0 Å². The summed E-state index contributed by atoms with van der Waals surface area (Å²) in [5, 5.41) is 3.35. The van der Waals surface area contributed by atoms with Gasteiger partial charge in [-0.05, 0) is 25.3 Å². The second-order valence-electron chi connectivity index (χ2n) is 4.44. The number of rotatable bonds is 3. The summed E-state index contributed by atoms with van der Waals surface area (Å²) in [7, 11) is 0. The van der Waals surface area contributed by atoms with Crippen LogP contribution in [0.1, 0.15) is 25.7 Å². The molecule has 2 aliphatic rings. The van der Waals surface area contributed by atoms with E-state index in [9.17, 15) is 8.78 Å². The van der Waals surface area contributed by atoms with E-state index in [0.29, 0.717) is 24.8 Å². The Kier molecular flexibility index (Phi) is 3.02. The van der Waals surface area contributed by atoms with Crippen LogP contribution in [0.2, 0.25) is 0 Å². The molecule has 0 aromatic rings. The SMILES string of the molecule is FC1(F)CCC(CNC2COC2)CC1. The Morgan fingerprint density at radius 2 is 1.86 bits per heavy atom. The van der Waals surface area contributed by atoms with Crippen molar-refractivity contribution in [2.45, 2.75) is 37.6 Å². The number of nitrogens with one attached hydrogen (secondary N) is 1. The van der Waals surface area contributed by atoms with Crippen LogP contribution >= 0.6 is 0 Å². The van der Waals surface area contributed by atoms with Crippen LogP contribution in [-0.2, 0) is 4.74 Å². The monoisotopic (exact) mass is 205 g/mol. The Hall–Kier alpha value is -0.220. The Morgan fingerprint density at radius 1 is 1.21 bits per heavy atom. The average Bonchev–Trinajstić information content (AvgIpc) is 2.05. The Labute approximate surface area is 83.0 Å². The van der Waals surface area contributed by atoms with Gasteiger partial charge in [-0.15, -0.1) is 0 Å². The zero-order valence-electron chi connectivity index (χ0n) is 8.27. The van der Waals surface area contributed by atoms with Gasteiger partial charge in [-0.3, -0.25) is 0 Å². The van der Waals surface area contributed by atoms with E-state index in [2.05, 4.69) is 5.32 Å². The van der Waals surface area contributed by atoms with E-state index in [0.717, 1.165) is 19.8 Å². The first-order valence-electron chi connectivity index (χ1n) is 5.35. The maximum absolute atomic E-state index is 12.8. The van der Waals surface area contributed by atoms with Gasteiger partial charge in [0.2, 0.25) is 5.92 Å². The number of hydrogen-bond donors (Lipinski definition) is 1. The van der Waals surface area contributed by atoms with E-state index in [1.807, 2.05) is 0 Å². The molecule has 2 fully saturated rings. The Balaban J connectivity index is 1.63. The summed E-state index contributed by atoms with van der Waals surface area (Å²) >= 11 is 0. The molecule has 1 N–H and O–H groups in total. The largest absolute Gasteiger partial charge is 0.378 e. The van der Waals surface area contributed by atoms with E-state index in [1.54, 1.807) is 0 Å². The van der Waals surface area contributed by atoms with E-state index < -0.39 is 5.92 Å². The van der Waals surface area contributed by atoms with Crippen molar-refractivity contribution in [1.29, 1.82) is 0 Å². The third-order valence-electron chi connectivity index (χ3n) is 3.17. The number of halogens is 2. The first kappa shape index (κ1) is 10.3. The van der Waals surface area contributed by atoms with Crippen LogP contribution in [0.15, 0.2) is 0 Å². The summed E-state index contributed by atoms with van der Waals surface area (Å²) in [6.07, 6.45) is 1.46. The van der Waals surface area contributed by atoms with Crippen molar-refractivity contribution in [3.05, 3.63) is 0 Å². The van der Waals surface area contributed by atoms with Gasteiger partial charge in [0.05, 0.1) is 19.3 Å². The molecule has 2 rings (SSSR count). The molecule has 1 saturated carbocycles. The van der Waals surface area contributed by atoms with Crippen molar-refractivity contribution in [1.82, 2.24) is 5.32 Å². The van der Waals surface area contributed by atoms with Crippen LogP contribution in [0, 0.1) is 5.92 Å². The van der Waals surface area contributed by atoms with Gasteiger partial charge in [-0.1, -0.05) is 0 Å². The molecule has 0 spiro atoms. The second kappa shape index (κ2) is 4.11. The molecule has 1 aliphatic carbocycles. The highest BCUT2D eigenvalue weighted by Crippen LogP contribution is 2.35. The second-order valence-corrected chi connectivity index (χ2v) is 4.44. The summed E-state index contributed by atoms with van der Waals surface area (Å²) < 4.78 is 30.7. The molecule has 1 saturated heterocycles. The predicted octanol–water partition coefficient (Wildman–Crippen LogP) is 1.80. The van der Waals surface area contributed by atoms with Gasteiger partial charge >= 0.3 is 0 Å². The van der Waals surface area contributed by atoms with E-state index in [1.165, 1.54) is 0 Å². The van der Waals surface area contributed by atoms with Gasteiger partial charge in [0.1, 0.15) is 0 Å². The van der Waals surface area contributed by atoms with Crippen LogP contribution in [0.25, 0.3) is 0 Å². The highest BCUT2D eigenvalue weighted by atomic mass is 19.3. The summed E-state index contributed by atoms with van der Waals surface area (Å²) in [5.41, 5.74) is 0. The maximum atomic E-state index is 12.8. The van der Waals surface area contributed by atoms with E-state index >= 15 is 0 Å². The highest BCUT2D eigenvalue weighted by Gasteiger charge is 2.34. The van der Waals surface area contributed by atoms with Gasteiger partial charge in [0, 0.05) is 12.8 Å². The van der Waals surface area contributed by atoms with Crippen LogP contribution in [-0.4, -0.2) is 31.7 Å². The minimum Gasteiger partial charge on any atom is -0.378 e. The zero-order chi connectivity index (χ0) is 10.0. The number of alkyl halides is 2. The van der Waals surface area contributed by atoms with Gasteiger partial charge in [0.25, 0.3) is 0 Å². The molecule has 0 aromatic heterocycles. The molecule has 82 valence electrons. The minimum atomic E-state index is -2.39. The number of hydrogen-bond acceptors (Lipinski definition) is 2. The third-order valence-corrected chi connectivity index (χ3v) is 3.17. The topological polar surface area (TPSA) is 21.3 Å². The van der Waals surface area contributed by atoms with Crippen LogP contribution in [0.4, 0.5) is 8.78 Å². The molecule has 0 aromatic carbocycles. The lowest BCUT2D eigenvalue weighted by molar-refractivity contribution is -0.0486. The zero-order valence-corrected chi connectivity index (χ0v) is 8.27. The lowest BCUT2D eigenvalue weighted by Gasteiger charge is -2.32. The molecule has 0 atom stereocenters. The van der Waals surface area contributed by atoms with Crippen molar-refractivity contribution in [3.8, 4) is 0 Å². The van der Waals surface area contributed by atoms with Crippen molar-refractivity contribution in [2.24, 2.45) is 5.92 Å². The van der Waals surface area contributed by atoms with Crippen molar-refractivity contribution in [3.63, 3.8) is 0 Å². The Bertz CT molecular complexity index is 185. The Morgan fingerprint density at radius 3 is 2.36 bits per heavy atom. The first-order chi connectivity index (χ1) is 6.66. The van der Waals surface area contributed by atoms with Gasteiger partial charge in [-0.25, -0.2) is 8.78 Å². The molecule has 0 bridgehead atoms. The lowest BCUT2D eigenvalue weighted by Crippen LogP contribution is -2.48. The summed E-state index contributed by atoms with van der Waals surface area (Å²) in [6.45, 7) is 2.44. The summed E-state index contributed by atoms with van der Waals surface area (Å²) in [5.74, 6) is -1.95. The predicted molar refractivity (Wildman–Crippen MR) is 49.5 cm³/mol.